The van der Waals surface area contributed by atoms with E-state index in [1.807, 2.05) is 0 Å². The molecule has 1 aromatic rings. The summed E-state index contributed by atoms with van der Waals surface area (Å²) < 4.78 is 27.5. The average molecular weight is 247 g/mol. The van der Waals surface area contributed by atoms with Gasteiger partial charge in [0.2, 0.25) is 0 Å². The molecule has 1 aliphatic heterocycles. The predicted molar refractivity (Wildman–Crippen MR) is 61.8 cm³/mol. The maximum Gasteiger partial charge on any atom is 0.170 e. The van der Waals surface area contributed by atoms with Gasteiger partial charge in [0, 0.05) is 19.2 Å². The molecule has 1 saturated heterocycles. The minimum atomic E-state index is -0.749. The molecule has 0 unspecified atom stereocenters. The van der Waals surface area contributed by atoms with Gasteiger partial charge in [0.1, 0.15) is 10.7 Å². The zero-order valence-electron chi connectivity index (χ0n) is 8.77. The van der Waals surface area contributed by atoms with Crippen LogP contribution in [0.1, 0.15) is 19.3 Å². The second-order valence-electron chi connectivity index (χ2n) is 3.97. The van der Waals surface area contributed by atoms with Gasteiger partial charge >= 0.3 is 0 Å². The summed E-state index contributed by atoms with van der Waals surface area (Å²) in [5.74, 6) is -1.39. The molecule has 16 heavy (non-hydrogen) atoms. The monoisotopic (exact) mass is 246 g/mol. The van der Waals surface area contributed by atoms with Gasteiger partial charge in [-0.25, -0.2) is 8.78 Å². The van der Waals surface area contributed by atoms with Gasteiger partial charge in [-0.2, -0.15) is 0 Å². The number of benzene rings is 1. The quantitative estimate of drug-likeness (QED) is 0.609. The van der Waals surface area contributed by atoms with Gasteiger partial charge in [-0.1, -0.05) is 11.6 Å². The Morgan fingerprint density at radius 2 is 1.81 bits per heavy atom. The number of nitrogens with two attached hydrogens (primary N) is 1. The van der Waals surface area contributed by atoms with Gasteiger partial charge in [0.15, 0.2) is 11.6 Å². The molecule has 1 aromatic carbocycles. The van der Waals surface area contributed by atoms with Crippen LogP contribution in [0.15, 0.2) is 6.07 Å². The Hall–Kier alpha value is -1.03. The number of nitrogens with zero attached hydrogens (tertiary/aromatic N) is 1. The first-order valence-corrected chi connectivity index (χ1v) is 5.67. The highest BCUT2D eigenvalue weighted by Gasteiger charge is 2.22. The summed E-state index contributed by atoms with van der Waals surface area (Å²) in [6.45, 7) is 1.32. The van der Waals surface area contributed by atoms with Gasteiger partial charge in [-0.3, -0.25) is 0 Å². The van der Waals surface area contributed by atoms with E-state index in [4.69, 9.17) is 17.3 Å². The number of hydrogen-bond donors (Lipinski definition) is 1. The van der Waals surface area contributed by atoms with Crippen molar-refractivity contribution in [2.75, 3.05) is 23.7 Å². The van der Waals surface area contributed by atoms with Crippen LogP contribution in [0.5, 0.6) is 0 Å². The lowest BCUT2D eigenvalue weighted by Gasteiger charge is -2.29. The van der Waals surface area contributed by atoms with Crippen LogP contribution < -0.4 is 10.6 Å². The van der Waals surface area contributed by atoms with E-state index in [1.54, 1.807) is 4.90 Å². The zero-order chi connectivity index (χ0) is 11.7. The van der Waals surface area contributed by atoms with E-state index in [0.717, 1.165) is 25.3 Å². The van der Waals surface area contributed by atoms with E-state index in [-0.39, 0.29) is 16.4 Å². The third-order valence-electron chi connectivity index (χ3n) is 2.83. The molecule has 0 aromatic heterocycles. The van der Waals surface area contributed by atoms with E-state index < -0.39 is 11.6 Å². The van der Waals surface area contributed by atoms with Crippen LogP contribution in [-0.4, -0.2) is 13.1 Å². The Morgan fingerprint density at radius 3 is 2.44 bits per heavy atom. The molecule has 1 heterocycles. The molecule has 0 saturated carbocycles. The third-order valence-corrected chi connectivity index (χ3v) is 3.22. The summed E-state index contributed by atoms with van der Waals surface area (Å²) in [7, 11) is 0. The topological polar surface area (TPSA) is 29.3 Å². The summed E-state index contributed by atoms with van der Waals surface area (Å²) in [6, 6.07) is 1.08. The van der Waals surface area contributed by atoms with Crippen LogP contribution >= 0.6 is 11.6 Å². The molecule has 0 aliphatic carbocycles. The molecule has 0 bridgehead atoms. The van der Waals surface area contributed by atoms with E-state index >= 15 is 0 Å². The molecule has 0 spiro atoms. The summed E-state index contributed by atoms with van der Waals surface area (Å²) in [5.41, 5.74) is 5.29. The van der Waals surface area contributed by atoms with Crippen LogP contribution in [0.2, 0.25) is 5.02 Å². The fourth-order valence-corrected chi connectivity index (χ4v) is 2.16. The summed E-state index contributed by atoms with van der Waals surface area (Å²) in [4.78, 5) is 1.69. The molecular formula is C11H13ClF2N2. The van der Waals surface area contributed by atoms with Crippen LogP contribution in [0, 0.1) is 11.6 Å². The maximum atomic E-state index is 13.8. The molecule has 1 fully saturated rings. The summed E-state index contributed by atoms with van der Waals surface area (Å²) in [6.07, 6.45) is 2.99. The van der Waals surface area contributed by atoms with E-state index in [9.17, 15) is 8.78 Å². The van der Waals surface area contributed by atoms with Crippen molar-refractivity contribution in [1.82, 2.24) is 0 Å². The SMILES string of the molecule is Nc1cc(F)c(N2CCCCC2)c(F)c1Cl. The number of hydrogen-bond acceptors (Lipinski definition) is 2. The lowest BCUT2D eigenvalue weighted by atomic mass is 10.1. The van der Waals surface area contributed by atoms with Crippen molar-refractivity contribution >= 4 is 23.0 Å². The molecule has 5 heteroatoms. The van der Waals surface area contributed by atoms with Gasteiger partial charge in [-0.05, 0) is 19.3 Å². The predicted octanol–water partition coefficient (Wildman–Crippen LogP) is 3.19. The number of piperidine rings is 1. The molecular weight excluding hydrogens is 234 g/mol. The Kier molecular flexibility index (Phi) is 3.19. The van der Waals surface area contributed by atoms with Gasteiger partial charge in [0.25, 0.3) is 0 Å². The van der Waals surface area contributed by atoms with E-state index in [2.05, 4.69) is 0 Å². The van der Waals surface area contributed by atoms with Crippen molar-refractivity contribution in [1.29, 1.82) is 0 Å². The molecule has 0 atom stereocenters. The van der Waals surface area contributed by atoms with E-state index in [0.29, 0.717) is 13.1 Å². The fraction of sp³-hybridized carbons (Fsp3) is 0.455. The Morgan fingerprint density at radius 1 is 1.19 bits per heavy atom. The van der Waals surface area contributed by atoms with Gasteiger partial charge in [-0.15, -0.1) is 0 Å². The Balaban J connectivity index is 2.42. The first-order valence-electron chi connectivity index (χ1n) is 5.29. The third kappa shape index (κ3) is 1.94. The highest BCUT2D eigenvalue weighted by molar-refractivity contribution is 6.33. The molecule has 1 aliphatic rings. The molecule has 88 valence electrons. The van der Waals surface area contributed by atoms with Crippen molar-refractivity contribution in [2.24, 2.45) is 0 Å². The largest absolute Gasteiger partial charge is 0.397 e. The van der Waals surface area contributed by atoms with Crippen molar-refractivity contribution in [3.63, 3.8) is 0 Å². The highest BCUT2D eigenvalue weighted by Crippen LogP contribution is 2.34. The first kappa shape index (κ1) is 11.5. The number of rotatable bonds is 1. The van der Waals surface area contributed by atoms with Crippen LogP contribution in [0.4, 0.5) is 20.2 Å². The Labute approximate surface area is 98.0 Å². The van der Waals surface area contributed by atoms with Crippen LogP contribution in [-0.2, 0) is 0 Å². The molecule has 2 rings (SSSR count). The second kappa shape index (κ2) is 4.45. The first-order chi connectivity index (χ1) is 7.61. The van der Waals surface area contributed by atoms with Crippen molar-refractivity contribution in [3.8, 4) is 0 Å². The van der Waals surface area contributed by atoms with E-state index in [1.165, 1.54) is 0 Å². The molecule has 2 N–H and O–H groups in total. The van der Waals surface area contributed by atoms with Crippen molar-refractivity contribution in [3.05, 3.63) is 22.7 Å². The number of nitrogen functional groups attached to an aromatic ring is 1. The minimum Gasteiger partial charge on any atom is -0.397 e. The second-order valence-corrected chi connectivity index (χ2v) is 4.35. The lowest BCUT2D eigenvalue weighted by Crippen LogP contribution is -2.31. The standard InChI is InChI=1S/C11H13ClF2N2/c12-9-8(15)6-7(13)11(10(9)14)16-4-2-1-3-5-16/h6H,1-5,15H2. The molecule has 0 radical (unpaired) electrons. The molecule has 2 nitrogen and oxygen atoms in total. The normalized spacial score (nSPS) is 16.6. The zero-order valence-corrected chi connectivity index (χ0v) is 9.53. The van der Waals surface area contributed by atoms with Crippen molar-refractivity contribution in [2.45, 2.75) is 19.3 Å². The number of anilines is 2. The van der Waals surface area contributed by atoms with Crippen LogP contribution in [0.3, 0.4) is 0 Å². The van der Waals surface area contributed by atoms with Crippen LogP contribution in [0.25, 0.3) is 0 Å². The smallest absolute Gasteiger partial charge is 0.170 e. The average Bonchev–Trinajstić information content (AvgIpc) is 2.28. The lowest BCUT2D eigenvalue weighted by molar-refractivity contribution is 0.531. The minimum absolute atomic E-state index is 0.0427. The number of halogens is 3. The van der Waals surface area contributed by atoms with Crippen molar-refractivity contribution < 1.29 is 8.78 Å². The summed E-state index contributed by atoms with van der Waals surface area (Å²) in [5, 5.41) is -0.193. The van der Waals surface area contributed by atoms with Gasteiger partial charge in [0.05, 0.1) is 5.69 Å². The fourth-order valence-electron chi connectivity index (χ4n) is 2.01. The Bertz CT molecular complexity index is 403. The maximum absolute atomic E-state index is 13.8. The highest BCUT2D eigenvalue weighted by atomic mass is 35.5. The molecule has 0 amide bonds. The summed E-state index contributed by atoms with van der Waals surface area (Å²) >= 11 is 5.68. The van der Waals surface area contributed by atoms with Gasteiger partial charge < -0.3 is 10.6 Å².